The van der Waals surface area contributed by atoms with Gasteiger partial charge in [0.05, 0.1) is 0 Å². The Balaban J connectivity index is 0. The van der Waals surface area contributed by atoms with Crippen molar-refractivity contribution >= 4 is 0 Å². The molecule has 0 aromatic rings. The Morgan fingerprint density at radius 1 is 1.14 bits per heavy atom. The largest absolute Gasteiger partial charge is 0.0651 e. The van der Waals surface area contributed by atoms with E-state index in [2.05, 4.69) is 20.8 Å². The second-order valence-electron chi connectivity index (χ2n) is 1.92. The predicted molar refractivity (Wildman–Crippen MR) is 29.7 cm³/mol. The molecule has 0 aliphatic rings. The molecule has 0 spiro atoms. The molecule has 0 aromatic carbocycles. The zero-order valence-electron chi connectivity index (χ0n) is 5.32. The van der Waals surface area contributed by atoms with E-state index >= 15 is 0 Å². The molecule has 1 heteroatoms. The number of hydrogen-bond donors (Lipinski definition) is 0. The summed E-state index contributed by atoms with van der Waals surface area (Å²) in [7, 11) is 0. The van der Waals surface area contributed by atoms with Gasteiger partial charge in [-0.25, -0.2) is 0 Å². The van der Waals surface area contributed by atoms with Crippen molar-refractivity contribution in [3.63, 3.8) is 0 Å². The van der Waals surface area contributed by atoms with Crippen molar-refractivity contribution in [3.8, 4) is 0 Å². The zero-order valence-corrected chi connectivity index (χ0v) is 7.46. The van der Waals surface area contributed by atoms with Gasteiger partial charge in [0.15, 0.2) is 0 Å². The van der Waals surface area contributed by atoms with Gasteiger partial charge in [0.25, 0.3) is 0 Å². The molecule has 0 rings (SSSR count). The molecule has 0 saturated heterocycles. The molecule has 0 heterocycles. The van der Waals surface area contributed by atoms with Crippen LogP contribution in [0.3, 0.4) is 0 Å². The maximum atomic E-state index is 2.28. The first kappa shape index (κ1) is 11.1. The number of rotatable bonds is 2. The van der Waals surface area contributed by atoms with E-state index in [1.54, 1.807) is 0 Å². The molecule has 0 unspecified atom stereocenters. The minimum atomic E-state index is 0. The molecule has 0 atom stereocenters. The molecule has 0 nitrogen and oxygen atoms in total. The van der Waals surface area contributed by atoms with Crippen LogP contribution in [0.1, 0.15) is 33.6 Å². The summed E-state index contributed by atoms with van der Waals surface area (Å²) in [6.07, 6.45) is 2.66. The molecular weight excluding hydrogens is 231 g/mol. The van der Waals surface area contributed by atoms with E-state index in [0.717, 1.165) is 5.92 Å². The number of hydrogen-bond acceptors (Lipinski definition) is 0. The Bertz CT molecular complexity index is 23.4. The van der Waals surface area contributed by atoms with Gasteiger partial charge in [-0.05, 0) is 5.92 Å². The molecule has 1 radical (unpaired) electrons. The first-order chi connectivity index (χ1) is 2.81. The van der Waals surface area contributed by atoms with Crippen molar-refractivity contribution in [2.45, 2.75) is 33.6 Å². The van der Waals surface area contributed by atoms with Crippen molar-refractivity contribution in [2.75, 3.05) is 0 Å². The fourth-order valence-corrected chi connectivity index (χ4v) is 0.289. The quantitative estimate of drug-likeness (QED) is 0.701. The van der Waals surface area contributed by atoms with E-state index in [9.17, 15) is 0 Å². The summed E-state index contributed by atoms with van der Waals surface area (Å²) in [6.45, 7) is 6.74. The minimum absolute atomic E-state index is 0. The zero-order chi connectivity index (χ0) is 4.99. The molecule has 0 amide bonds. The Kier molecular flexibility index (Phi) is 11.6. The second-order valence-corrected chi connectivity index (χ2v) is 1.92. The first-order valence-electron chi connectivity index (χ1n) is 2.81. The molecule has 47 valence electrons. The average Bonchev–Trinajstić information content (AvgIpc) is 1.65. The summed E-state index contributed by atoms with van der Waals surface area (Å²) in [6, 6.07) is 0. The molecular formula is C6H14Tb. The van der Waals surface area contributed by atoms with E-state index < -0.39 is 0 Å². The fraction of sp³-hybridized carbons (Fsp3) is 1.00. The first-order valence-corrected chi connectivity index (χ1v) is 2.81. The normalized spacial score (nSPS) is 8.57. The van der Waals surface area contributed by atoms with E-state index in [1.165, 1.54) is 12.8 Å². The van der Waals surface area contributed by atoms with E-state index in [0.29, 0.717) is 0 Å². The van der Waals surface area contributed by atoms with Gasteiger partial charge in [-0.15, -0.1) is 0 Å². The molecule has 0 aromatic heterocycles. The van der Waals surface area contributed by atoms with Crippen molar-refractivity contribution in [3.05, 3.63) is 0 Å². The maximum Gasteiger partial charge on any atom is 0 e. The van der Waals surface area contributed by atoms with Crippen LogP contribution in [0.2, 0.25) is 0 Å². The standard InChI is InChI=1S/C6H14.Tb/c1-4-6(3)5-2;/h6H,4-5H2,1-3H3;. The van der Waals surface area contributed by atoms with Crippen LogP contribution in [-0.4, -0.2) is 0 Å². The molecule has 0 aliphatic carbocycles. The van der Waals surface area contributed by atoms with E-state index in [4.69, 9.17) is 0 Å². The van der Waals surface area contributed by atoms with Crippen LogP contribution in [0.15, 0.2) is 0 Å². The Morgan fingerprint density at radius 2 is 1.43 bits per heavy atom. The van der Waals surface area contributed by atoms with Gasteiger partial charge in [0.1, 0.15) is 0 Å². The molecule has 7 heavy (non-hydrogen) atoms. The van der Waals surface area contributed by atoms with Crippen molar-refractivity contribution in [2.24, 2.45) is 5.92 Å². The van der Waals surface area contributed by atoms with Gasteiger partial charge in [-0.2, -0.15) is 0 Å². The van der Waals surface area contributed by atoms with Crippen LogP contribution in [0.4, 0.5) is 0 Å². The molecule has 0 aliphatic heterocycles. The van der Waals surface area contributed by atoms with Gasteiger partial charge >= 0.3 is 0 Å². The average molecular weight is 245 g/mol. The van der Waals surface area contributed by atoms with Crippen molar-refractivity contribution < 1.29 is 38.6 Å². The SMILES string of the molecule is CCC(C)CC.[Tb]. The second kappa shape index (κ2) is 7.29. The predicted octanol–water partition coefficient (Wildman–Crippen LogP) is 2.44. The topological polar surface area (TPSA) is 0 Å². The van der Waals surface area contributed by atoms with Crippen molar-refractivity contribution in [1.29, 1.82) is 0 Å². The summed E-state index contributed by atoms with van der Waals surface area (Å²) in [4.78, 5) is 0. The van der Waals surface area contributed by atoms with Gasteiger partial charge in [0, 0.05) is 38.6 Å². The Morgan fingerprint density at radius 3 is 1.43 bits per heavy atom. The summed E-state index contributed by atoms with van der Waals surface area (Å²) >= 11 is 0. The van der Waals surface area contributed by atoms with Crippen LogP contribution < -0.4 is 0 Å². The van der Waals surface area contributed by atoms with Gasteiger partial charge in [-0.1, -0.05) is 33.6 Å². The fourth-order valence-electron chi connectivity index (χ4n) is 0.289. The van der Waals surface area contributed by atoms with Crippen LogP contribution in [0.5, 0.6) is 0 Å². The summed E-state index contributed by atoms with van der Waals surface area (Å²) in [5.74, 6) is 0.935. The minimum Gasteiger partial charge on any atom is -0.0651 e. The molecule has 0 N–H and O–H groups in total. The Hall–Kier alpha value is 1.29. The van der Waals surface area contributed by atoms with Gasteiger partial charge in [0.2, 0.25) is 0 Å². The summed E-state index contributed by atoms with van der Waals surface area (Å²) in [5, 5.41) is 0. The smallest absolute Gasteiger partial charge is 0 e. The molecule has 0 fully saturated rings. The van der Waals surface area contributed by atoms with Gasteiger partial charge < -0.3 is 0 Å². The Labute approximate surface area is 77.5 Å². The van der Waals surface area contributed by atoms with Crippen LogP contribution in [0, 0.1) is 44.5 Å². The maximum absolute atomic E-state index is 2.28. The summed E-state index contributed by atoms with van der Waals surface area (Å²) in [5.41, 5.74) is 0. The third kappa shape index (κ3) is 7.29. The molecule has 0 bridgehead atoms. The van der Waals surface area contributed by atoms with E-state index in [-0.39, 0.29) is 38.6 Å². The van der Waals surface area contributed by atoms with Crippen LogP contribution >= 0.6 is 0 Å². The monoisotopic (exact) mass is 245 g/mol. The van der Waals surface area contributed by atoms with Crippen LogP contribution in [0.25, 0.3) is 0 Å². The van der Waals surface area contributed by atoms with E-state index in [1.807, 2.05) is 0 Å². The third-order valence-electron chi connectivity index (χ3n) is 1.39. The van der Waals surface area contributed by atoms with Crippen LogP contribution in [-0.2, 0) is 0 Å². The summed E-state index contributed by atoms with van der Waals surface area (Å²) < 4.78 is 0. The van der Waals surface area contributed by atoms with Gasteiger partial charge in [-0.3, -0.25) is 0 Å². The molecule has 0 saturated carbocycles. The van der Waals surface area contributed by atoms with Crippen molar-refractivity contribution in [1.82, 2.24) is 0 Å². The third-order valence-corrected chi connectivity index (χ3v) is 1.39.